The third kappa shape index (κ3) is 7.65. The van der Waals surface area contributed by atoms with Crippen LogP contribution in [0.1, 0.15) is 66.2 Å². The topological polar surface area (TPSA) is 69.2 Å². The number of hydrogen-bond donors (Lipinski definition) is 1. The molecule has 0 spiro atoms. The monoisotopic (exact) mass is 299 g/mol. The summed E-state index contributed by atoms with van der Waals surface area (Å²) in [4.78, 5) is 22.8. The van der Waals surface area contributed by atoms with Crippen LogP contribution in [0.25, 0.3) is 0 Å². The summed E-state index contributed by atoms with van der Waals surface area (Å²) >= 11 is 0. The van der Waals surface area contributed by atoms with Crippen LogP contribution in [0.5, 0.6) is 0 Å². The van der Waals surface area contributed by atoms with Gasteiger partial charge in [0.2, 0.25) is 0 Å². The molecule has 0 aliphatic heterocycles. The normalized spacial score (nSPS) is 9.76. The Bertz CT molecular complexity index is 449. The average molecular weight is 299 g/mol. The number of benzene rings is 1. The first-order chi connectivity index (χ1) is 9.66. The molecule has 0 aromatic heterocycles. The van der Waals surface area contributed by atoms with E-state index in [1.807, 2.05) is 0 Å². The van der Waals surface area contributed by atoms with E-state index in [0.29, 0.717) is 6.54 Å². The second kappa shape index (κ2) is 11.8. The fraction of sp³-hybridized carbons (Fsp3) is 0.500. The predicted octanol–water partition coefficient (Wildman–Crippen LogP) is -0.856. The Labute approximate surface area is 148 Å². The summed E-state index contributed by atoms with van der Waals surface area (Å²) in [7, 11) is 0. The van der Waals surface area contributed by atoms with Crippen LogP contribution in [-0.2, 0) is 0 Å². The molecule has 0 atom stereocenters. The second-order valence-electron chi connectivity index (χ2n) is 4.86. The number of carbonyl (C=O) groups is 2. The van der Waals surface area contributed by atoms with Gasteiger partial charge in [0.15, 0.2) is 0 Å². The summed E-state index contributed by atoms with van der Waals surface area (Å²) in [5, 5.41) is 13.7. The maximum atomic E-state index is 11.9. The Hall–Kier alpha value is -0.840. The van der Waals surface area contributed by atoms with Crippen molar-refractivity contribution in [2.45, 2.75) is 45.4 Å². The molecule has 1 rings (SSSR count). The van der Waals surface area contributed by atoms with Crippen LogP contribution in [0.2, 0.25) is 0 Å². The van der Waals surface area contributed by atoms with Crippen molar-refractivity contribution in [3.63, 3.8) is 0 Å². The molecule has 0 heterocycles. The number of nitrogens with one attached hydrogen (secondary N) is 1. The summed E-state index contributed by atoms with van der Waals surface area (Å²) in [5.74, 6) is -1.67. The number of amides is 1. The van der Waals surface area contributed by atoms with Crippen molar-refractivity contribution < 1.29 is 44.3 Å². The van der Waals surface area contributed by atoms with E-state index in [1.165, 1.54) is 37.8 Å². The third-order valence-electron chi connectivity index (χ3n) is 3.21. The summed E-state index contributed by atoms with van der Waals surface area (Å²) in [6.45, 7) is 2.75. The summed E-state index contributed by atoms with van der Waals surface area (Å²) in [5.41, 5.74) is 0.103. The standard InChI is InChI=1S/C16H23NO3.Na/c1-2-3-4-5-6-9-12-17-15(18)13-10-7-8-11-14(13)16(19)20;/h7-8,10-11H,2-6,9,12H2,1H3,(H,17,18)(H,19,20);/q;+1/p-1. The van der Waals surface area contributed by atoms with Gasteiger partial charge in [-0.2, -0.15) is 0 Å². The van der Waals surface area contributed by atoms with Gasteiger partial charge >= 0.3 is 29.6 Å². The second-order valence-corrected chi connectivity index (χ2v) is 4.86. The molecule has 1 N–H and O–H groups in total. The molecule has 0 unspecified atom stereocenters. The number of carboxylic acid groups (broad SMARTS) is 1. The number of carboxylic acids is 1. The molecule has 5 heteroatoms. The largest absolute Gasteiger partial charge is 1.00 e. The molecule has 0 aliphatic carbocycles. The van der Waals surface area contributed by atoms with E-state index in [0.717, 1.165) is 12.8 Å². The van der Waals surface area contributed by atoms with E-state index >= 15 is 0 Å². The van der Waals surface area contributed by atoms with Gasteiger partial charge < -0.3 is 15.2 Å². The van der Waals surface area contributed by atoms with Crippen molar-refractivity contribution >= 4 is 11.9 Å². The van der Waals surface area contributed by atoms with Crippen molar-refractivity contribution in [2.24, 2.45) is 0 Å². The minimum atomic E-state index is -1.32. The molecule has 4 nitrogen and oxygen atoms in total. The molecular weight excluding hydrogens is 277 g/mol. The van der Waals surface area contributed by atoms with Gasteiger partial charge in [0.1, 0.15) is 0 Å². The van der Waals surface area contributed by atoms with Crippen LogP contribution in [-0.4, -0.2) is 18.4 Å². The predicted molar refractivity (Wildman–Crippen MR) is 76.5 cm³/mol. The van der Waals surface area contributed by atoms with Crippen molar-refractivity contribution in [1.29, 1.82) is 0 Å². The van der Waals surface area contributed by atoms with Crippen LogP contribution >= 0.6 is 0 Å². The molecule has 21 heavy (non-hydrogen) atoms. The first kappa shape index (κ1) is 20.2. The summed E-state index contributed by atoms with van der Waals surface area (Å²) in [6.07, 6.45) is 6.89. The first-order valence-electron chi connectivity index (χ1n) is 7.25. The molecule has 0 saturated carbocycles. The Balaban J connectivity index is 0.00000400. The third-order valence-corrected chi connectivity index (χ3v) is 3.21. The van der Waals surface area contributed by atoms with Gasteiger partial charge in [-0.05, 0) is 12.5 Å². The Kier molecular flexibility index (Phi) is 11.3. The zero-order valence-electron chi connectivity index (χ0n) is 13.0. The Morgan fingerprint density at radius 3 is 2.19 bits per heavy atom. The minimum Gasteiger partial charge on any atom is -0.545 e. The van der Waals surface area contributed by atoms with Gasteiger partial charge in [-0.3, -0.25) is 4.79 Å². The molecular formula is C16H22NNaO3. The zero-order chi connectivity index (χ0) is 14.8. The van der Waals surface area contributed by atoms with Gasteiger partial charge in [0.05, 0.1) is 5.97 Å². The van der Waals surface area contributed by atoms with Crippen LogP contribution in [0, 0.1) is 0 Å². The Morgan fingerprint density at radius 1 is 1.00 bits per heavy atom. The van der Waals surface area contributed by atoms with E-state index in [4.69, 9.17) is 0 Å². The molecule has 0 fully saturated rings. The number of aromatic carboxylic acids is 1. The van der Waals surface area contributed by atoms with Crippen LogP contribution < -0.4 is 40.0 Å². The molecule has 0 radical (unpaired) electrons. The molecule has 1 aromatic carbocycles. The SMILES string of the molecule is CCCCCCCCNC(=O)c1ccccc1C(=O)[O-].[Na+]. The van der Waals surface area contributed by atoms with E-state index < -0.39 is 5.97 Å². The van der Waals surface area contributed by atoms with Crippen molar-refractivity contribution in [3.8, 4) is 0 Å². The van der Waals surface area contributed by atoms with Gasteiger partial charge in [-0.25, -0.2) is 0 Å². The first-order valence-corrected chi connectivity index (χ1v) is 7.25. The minimum absolute atomic E-state index is 0. The molecule has 0 bridgehead atoms. The molecule has 1 aromatic rings. The van der Waals surface area contributed by atoms with Crippen LogP contribution in [0.3, 0.4) is 0 Å². The number of carbonyl (C=O) groups excluding carboxylic acids is 2. The summed E-state index contributed by atoms with van der Waals surface area (Å²) < 4.78 is 0. The molecule has 0 aliphatic rings. The number of hydrogen-bond acceptors (Lipinski definition) is 3. The fourth-order valence-electron chi connectivity index (χ4n) is 2.06. The van der Waals surface area contributed by atoms with E-state index in [-0.39, 0.29) is 46.6 Å². The van der Waals surface area contributed by atoms with Gasteiger partial charge in [0, 0.05) is 17.7 Å². The van der Waals surface area contributed by atoms with Crippen molar-refractivity contribution in [1.82, 2.24) is 5.32 Å². The van der Waals surface area contributed by atoms with Crippen LogP contribution in [0.4, 0.5) is 0 Å². The molecule has 110 valence electrons. The molecule has 1 amide bonds. The van der Waals surface area contributed by atoms with Crippen molar-refractivity contribution in [3.05, 3.63) is 35.4 Å². The zero-order valence-corrected chi connectivity index (χ0v) is 15.0. The van der Waals surface area contributed by atoms with Gasteiger partial charge in [-0.15, -0.1) is 0 Å². The van der Waals surface area contributed by atoms with Crippen molar-refractivity contribution in [2.75, 3.05) is 6.54 Å². The Morgan fingerprint density at radius 2 is 1.57 bits per heavy atom. The number of unbranched alkanes of at least 4 members (excludes halogenated alkanes) is 5. The maximum absolute atomic E-state index is 11.9. The fourth-order valence-corrected chi connectivity index (χ4v) is 2.06. The quantitative estimate of drug-likeness (QED) is 0.477. The summed E-state index contributed by atoms with van der Waals surface area (Å²) in [6, 6.07) is 6.11. The van der Waals surface area contributed by atoms with Gasteiger partial charge in [0.25, 0.3) is 5.91 Å². The molecule has 0 saturated heterocycles. The van der Waals surface area contributed by atoms with Gasteiger partial charge in [-0.1, -0.05) is 57.2 Å². The van der Waals surface area contributed by atoms with E-state index in [9.17, 15) is 14.7 Å². The number of rotatable bonds is 9. The average Bonchev–Trinajstić information content (AvgIpc) is 2.46. The van der Waals surface area contributed by atoms with E-state index in [2.05, 4.69) is 12.2 Å². The van der Waals surface area contributed by atoms with E-state index in [1.54, 1.807) is 12.1 Å². The smallest absolute Gasteiger partial charge is 0.545 e. The maximum Gasteiger partial charge on any atom is 1.00 e. The van der Waals surface area contributed by atoms with Crippen LogP contribution in [0.15, 0.2) is 24.3 Å².